The molecule has 1 aliphatic heterocycles. The monoisotopic (exact) mass is 678 g/mol. The molecule has 252 valence electrons. The number of hydrogen-bond acceptors (Lipinski definition) is 2. The van der Waals surface area contributed by atoms with Gasteiger partial charge in [0, 0.05) is 28.2 Å². The average Bonchev–Trinajstić information content (AvgIpc) is 3.22. The summed E-state index contributed by atoms with van der Waals surface area (Å²) in [6.07, 6.45) is 0. The van der Waals surface area contributed by atoms with Gasteiger partial charge in [-0.15, -0.1) is 0 Å². The Morgan fingerprint density at radius 2 is 0.887 bits per heavy atom. The highest BCUT2D eigenvalue weighted by Crippen LogP contribution is 2.54. The van der Waals surface area contributed by atoms with Crippen LogP contribution in [0.4, 0.5) is 34.1 Å². The zero-order valence-electron chi connectivity index (χ0n) is 29.9. The summed E-state index contributed by atoms with van der Waals surface area (Å²) in [7, 11) is 0. The predicted octanol–water partition coefficient (Wildman–Crippen LogP) is 14.4. The zero-order valence-corrected chi connectivity index (χ0v) is 29.9. The fourth-order valence-corrected chi connectivity index (χ4v) is 8.60. The Bertz CT molecular complexity index is 2760. The molecular formula is C51H38N2. The van der Waals surface area contributed by atoms with Gasteiger partial charge in [0.15, 0.2) is 0 Å². The maximum Gasteiger partial charge on any atom is 0.0504 e. The molecule has 0 atom stereocenters. The van der Waals surface area contributed by atoms with Crippen LogP contribution in [0.3, 0.4) is 0 Å². The molecule has 53 heavy (non-hydrogen) atoms. The Balaban J connectivity index is 1.19. The summed E-state index contributed by atoms with van der Waals surface area (Å²) in [6, 6.07) is 70.9. The number of hydrogen-bond donors (Lipinski definition) is 0. The highest BCUT2D eigenvalue weighted by atomic mass is 15.2. The van der Waals surface area contributed by atoms with E-state index in [1.807, 2.05) is 0 Å². The summed E-state index contributed by atoms with van der Waals surface area (Å²) in [5.41, 5.74) is 11.8. The van der Waals surface area contributed by atoms with Crippen LogP contribution in [-0.2, 0) is 5.41 Å². The van der Waals surface area contributed by atoms with E-state index in [1.54, 1.807) is 0 Å². The molecule has 1 aliphatic rings. The Hall–Kier alpha value is -6.64. The molecule has 9 aromatic carbocycles. The summed E-state index contributed by atoms with van der Waals surface area (Å²) in [4.78, 5) is 4.84. The summed E-state index contributed by atoms with van der Waals surface area (Å²) in [5, 5.41) is 7.63. The molecule has 0 spiro atoms. The van der Waals surface area contributed by atoms with E-state index >= 15 is 0 Å². The molecule has 0 N–H and O–H groups in total. The van der Waals surface area contributed by atoms with E-state index in [1.165, 1.54) is 65.9 Å². The molecule has 0 aliphatic carbocycles. The van der Waals surface area contributed by atoms with Gasteiger partial charge in [-0.1, -0.05) is 141 Å². The average molecular weight is 679 g/mol. The first-order chi connectivity index (χ1) is 26.1. The molecule has 0 fully saturated rings. The standard InChI is InChI=1S/C51H38N2/c1-51(2)47-24-14-15-25-49(47)53(50-31-28-40(34-48(50)51)52(37-18-8-4-9-19-37)38-20-10-5-11-21-38)39-27-30-43-41-22-12-13-23-42(41)45-32-36(35-16-6-3-7-17-35)26-29-44(45)46(43)33-39/h3-34H,1-2H3. The number of nitrogens with zero attached hydrogens (tertiary/aromatic N) is 2. The van der Waals surface area contributed by atoms with E-state index in [4.69, 9.17) is 0 Å². The smallest absolute Gasteiger partial charge is 0.0504 e. The van der Waals surface area contributed by atoms with Crippen LogP contribution in [-0.4, -0.2) is 0 Å². The molecule has 9 aromatic rings. The van der Waals surface area contributed by atoms with E-state index in [0.717, 1.165) is 22.7 Å². The SMILES string of the molecule is CC1(C)c2ccccc2N(c2ccc3c4ccccc4c4cc(-c5ccccc5)ccc4c3c2)c2ccc(N(c3ccccc3)c3ccccc3)cc21. The van der Waals surface area contributed by atoms with Crippen LogP contribution in [0.1, 0.15) is 25.0 Å². The molecule has 0 amide bonds. The van der Waals surface area contributed by atoms with Crippen molar-refractivity contribution in [2.75, 3.05) is 9.80 Å². The lowest BCUT2D eigenvalue weighted by molar-refractivity contribution is 0.632. The first-order valence-electron chi connectivity index (χ1n) is 18.4. The van der Waals surface area contributed by atoms with Crippen LogP contribution in [0, 0.1) is 0 Å². The zero-order chi connectivity index (χ0) is 35.5. The maximum atomic E-state index is 2.48. The van der Waals surface area contributed by atoms with Crippen molar-refractivity contribution in [2.45, 2.75) is 19.3 Å². The van der Waals surface area contributed by atoms with E-state index in [9.17, 15) is 0 Å². The van der Waals surface area contributed by atoms with Crippen LogP contribution in [0.2, 0.25) is 0 Å². The van der Waals surface area contributed by atoms with Gasteiger partial charge in [-0.05, 0) is 121 Å². The highest BCUT2D eigenvalue weighted by molar-refractivity contribution is 6.26. The minimum Gasteiger partial charge on any atom is -0.310 e. The molecule has 0 radical (unpaired) electrons. The van der Waals surface area contributed by atoms with Crippen molar-refractivity contribution >= 4 is 66.4 Å². The van der Waals surface area contributed by atoms with Gasteiger partial charge in [0.05, 0.1) is 11.4 Å². The minimum atomic E-state index is -0.231. The summed E-state index contributed by atoms with van der Waals surface area (Å²) in [6.45, 7) is 4.73. The van der Waals surface area contributed by atoms with Gasteiger partial charge in [-0.3, -0.25) is 0 Å². The molecule has 1 heterocycles. The highest BCUT2D eigenvalue weighted by Gasteiger charge is 2.37. The molecule has 0 saturated carbocycles. The number of para-hydroxylation sites is 3. The third kappa shape index (κ3) is 5.02. The lowest BCUT2D eigenvalue weighted by atomic mass is 9.73. The third-order valence-corrected chi connectivity index (χ3v) is 11.2. The van der Waals surface area contributed by atoms with E-state index in [-0.39, 0.29) is 5.41 Å². The second-order valence-corrected chi connectivity index (χ2v) is 14.6. The van der Waals surface area contributed by atoms with Gasteiger partial charge in [0.25, 0.3) is 0 Å². The second-order valence-electron chi connectivity index (χ2n) is 14.6. The molecule has 0 saturated heterocycles. The number of fused-ring (bicyclic) bond motifs is 8. The van der Waals surface area contributed by atoms with Gasteiger partial charge in [-0.2, -0.15) is 0 Å². The summed E-state index contributed by atoms with van der Waals surface area (Å²) >= 11 is 0. The number of anilines is 6. The van der Waals surface area contributed by atoms with Crippen LogP contribution in [0.15, 0.2) is 194 Å². The third-order valence-electron chi connectivity index (χ3n) is 11.2. The van der Waals surface area contributed by atoms with Crippen molar-refractivity contribution in [3.63, 3.8) is 0 Å². The van der Waals surface area contributed by atoms with Gasteiger partial charge in [0.1, 0.15) is 0 Å². The van der Waals surface area contributed by atoms with E-state index in [0.29, 0.717) is 0 Å². The molecule has 2 heteroatoms. The largest absolute Gasteiger partial charge is 0.310 e. The summed E-state index contributed by atoms with van der Waals surface area (Å²) < 4.78 is 0. The lowest BCUT2D eigenvalue weighted by Gasteiger charge is -2.42. The summed E-state index contributed by atoms with van der Waals surface area (Å²) in [5.74, 6) is 0. The van der Waals surface area contributed by atoms with Crippen molar-refractivity contribution in [3.8, 4) is 11.1 Å². The van der Waals surface area contributed by atoms with Gasteiger partial charge < -0.3 is 9.80 Å². The predicted molar refractivity (Wildman–Crippen MR) is 226 cm³/mol. The minimum absolute atomic E-state index is 0.231. The molecule has 0 unspecified atom stereocenters. The maximum absolute atomic E-state index is 2.48. The fraction of sp³-hybridized carbons (Fsp3) is 0.0588. The fourth-order valence-electron chi connectivity index (χ4n) is 8.60. The number of benzene rings is 9. The van der Waals surface area contributed by atoms with Gasteiger partial charge in [-0.25, -0.2) is 0 Å². The molecular weight excluding hydrogens is 641 g/mol. The van der Waals surface area contributed by atoms with Gasteiger partial charge >= 0.3 is 0 Å². The molecule has 2 nitrogen and oxygen atoms in total. The molecule has 0 bridgehead atoms. The Morgan fingerprint density at radius 1 is 0.358 bits per heavy atom. The van der Waals surface area contributed by atoms with Crippen molar-refractivity contribution in [2.24, 2.45) is 0 Å². The Morgan fingerprint density at radius 3 is 1.60 bits per heavy atom. The topological polar surface area (TPSA) is 6.48 Å². The molecule has 0 aromatic heterocycles. The quantitative estimate of drug-likeness (QED) is 0.167. The van der Waals surface area contributed by atoms with Crippen LogP contribution < -0.4 is 9.80 Å². The van der Waals surface area contributed by atoms with E-state index in [2.05, 4.69) is 218 Å². The van der Waals surface area contributed by atoms with Crippen LogP contribution in [0.5, 0.6) is 0 Å². The van der Waals surface area contributed by atoms with Gasteiger partial charge in [0.2, 0.25) is 0 Å². The van der Waals surface area contributed by atoms with Crippen molar-refractivity contribution in [1.82, 2.24) is 0 Å². The van der Waals surface area contributed by atoms with Crippen LogP contribution in [0.25, 0.3) is 43.4 Å². The Kier molecular flexibility index (Phi) is 7.19. The number of rotatable bonds is 5. The Labute approximate surface area is 310 Å². The van der Waals surface area contributed by atoms with Crippen LogP contribution >= 0.6 is 0 Å². The second kappa shape index (κ2) is 12.3. The van der Waals surface area contributed by atoms with Crippen molar-refractivity contribution in [3.05, 3.63) is 205 Å². The normalized spacial score (nSPS) is 13.2. The lowest BCUT2D eigenvalue weighted by Crippen LogP contribution is -2.31. The van der Waals surface area contributed by atoms with Crippen molar-refractivity contribution < 1.29 is 0 Å². The van der Waals surface area contributed by atoms with Crippen molar-refractivity contribution in [1.29, 1.82) is 0 Å². The molecule has 10 rings (SSSR count). The first kappa shape index (κ1) is 31.1. The van der Waals surface area contributed by atoms with E-state index < -0.39 is 0 Å². The first-order valence-corrected chi connectivity index (χ1v) is 18.4.